The molecule has 0 unspecified atom stereocenters. The van der Waals surface area contributed by atoms with Gasteiger partial charge in [0, 0.05) is 31.8 Å². The van der Waals surface area contributed by atoms with E-state index >= 15 is 0 Å². The van der Waals surface area contributed by atoms with Gasteiger partial charge in [0.1, 0.15) is 5.78 Å². The molecule has 0 radical (unpaired) electrons. The molecule has 0 spiro atoms. The van der Waals surface area contributed by atoms with Crippen LogP contribution in [0.2, 0.25) is 0 Å². The summed E-state index contributed by atoms with van der Waals surface area (Å²) in [6, 6.07) is -0.439. The highest BCUT2D eigenvalue weighted by atomic mass is 32.2. The van der Waals surface area contributed by atoms with E-state index in [2.05, 4.69) is 20.8 Å². The molecule has 9 atom stereocenters. The minimum atomic E-state index is -4.32. The normalized spacial score (nSPS) is 43.6. The molecule has 36 heavy (non-hydrogen) atoms. The molecule has 5 aliphatic rings. The van der Waals surface area contributed by atoms with Crippen LogP contribution in [0, 0.1) is 46.3 Å². The Hall–Kier alpha value is -0.950. The van der Waals surface area contributed by atoms with Crippen LogP contribution in [0.1, 0.15) is 104 Å². The molecular formula is C29H46NO5S-. The molecule has 6 nitrogen and oxygen atoms in total. The quantitative estimate of drug-likeness (QED) is 0.451. The fourth-order valence-electron chi connectivity index (χ4n) is 10.3. The number of carbonyl (C=O) groups excluding carboxylic acids is 2. The van der Waals surface area contributed by atoms with Crippen molar-refractivity contribution in [2.24, 2.45) is 46.3 Å². The third-order valence-corrected chi connectivity index (χ3v) is 12.9. The molecule has 1 heterocycles. The van der Waals surface area contributed by atoms with Crippen LogP contribution in [-0.4, -0.2) is 47.9 Å². The number of hydrogen-bond donors (Lipinski definition) is 0. The number of Topliss-reactive ketones (excluding diaryl/α,β-unsaturated/α-hetero) is 1. The fourth-order valence-corrected chi connectivity index (χ4v) is 11.1. The molecule has 1 aliphatic heterocycles. The van der Waals surface area contributed by atoms with E-state index in [1.165, 1.54) is 38.5 Å². The molecule has 5 fully saturated rings. The summed E-state index contributed by atoms with van der Waals surface area (Å²) >= 11 is 0. The number of carbonyl (C=O) groups is 2. The van der Waals surface area contributed by atoms with Crippen LogP contribution in [0.15, 0.2) is 0 Å². The van der Waals surface area contributed by atoms with Gasteiger partial charge in [-0.05, 0) is 111 Å². The molecule has 0 N–H and O–H groups in total. The number of nitrogens with zero attached hydrogens (tertiary/aromatic N) is 1. The van der Waals surface area contributed by atoms with E-state index in [1.807, 2.05) is 0 Å². The van der Waals surface area contributed by atoms with Crippen molar-refractivity contribution in [3.63, 3.8) is 0 Å². The second-order valence-corrected chi connectivity index (χ2v) is 15.2. The predicted molar refractivity (Wildman–Crippen MR) is 138 cm³/mol. The van der Waals surface area contributed by atoms with Crippen LogP contribution in [0.4, 0.5) is 0 Å². The summed E-state index contributed by atoms with van der Waals surface area (Å²) in [7, 11) is -4.32. The van der Waals surface area contributed by atoms with Crippen molar-refractivity contribution < 1.29 is 22.6 Å². The summed E-state index contributed by atoms with van der Waals surface area (Å²) in [4.78, 5) is 26.9. The van der Waals surface area contributed by atoms with Crippen LogP contribution in [0.25, 0.3) is 0 Å². The largest absolute Gasteiger partial charge is 0.748 e. The van der Waals surface area contributed by atoms with Crippen molar-refractivity contribution in [2.75, 3.05) is 12.3 Å². The first-order valence-corrected chi connectivity index (χ1v) is 16.2. The van der Waals surface area contributed by atoms with Crippen molar-refractivity contribution >= 4 is 21.8 Å². The van der Waals surface area contributed by atoms with Crippen LogP contribution in [0.5, 0.6) is 0 Å². The Bertz CT molecular complexity index is 980. The lowest BCUT2D eigenvalue weighted by Crippen LogP contribution is -2.53. The summed E-state index contributed by atoms with van der Waals surface area (Å²) in [6.45, 7) is 7.95. The van der Waals surface area contributed by atoms with Crippen molar-refractivity contribution in [3.05, 3.63) is 0 Å². The smallest absolute Gasteiger partial charge is 0.222 e. The lowest BCUT2D eigenvalue weighted by molar-refractivity contribution is -0.140. The average molecular weight is 521 g/mol. The SMILES string of the molecule is C[C@H](CCC(=O)N1CCC[C@H]1CS(=O)(=O)[O-])[C@H]1CC[C@H]2[C@@H]3CC[C@@H]4CC(=O)CC[C@]4(C)[C@H]3CC[C@]12C. The van der Waals surface area contributed by atoms with Crippen molar-refractivity contribution in [1.29, 1.82) is 0 Å². The van der Waals surface area contributed by atoms with E-state index in [0.29, 0.717) is 53.8 Å². The monoisotopic (exact) mass is 520 g/mol. The Morgan fingerprint density at radius 2 is 1.81 bits per heavy atom. The third-order valence-electron chi connectivity index (χ3n) is 12.1. The Kier molecular flexibility index (Phi) is 7.15. The zero-order chi connectivity index (χ0) is 25.9. The van der Waals surface area contributed by atoms with E-state index in [4.69, 9.17) is 0 Å². The Labute approximate surface area is 218 Å². The number of amides is 1. The Morgan fingerprint density at radius 3 is 2.56 bits per heavy atom. The summed E-state index contributed by atoms with van der Waals surface area (Å²) in [5.74, 6) is 4.06. The van der Waals surface area contributed by atoms with Crippen molar-refractivity contribution in [3.8, 4) is 0 Å². The van der Waals surface area contributed by atoms with Gasteiger partial charge < -0.3 is 9.45 Å². The standard InChI is InChI=1S/C29H47NO5S/c1-19(6-11-27(32)30-16-4-5-21(30)18-36(33,34)35)24-9-10-25-23-8-7-20-17-22(31)12-14-28(20,2)26(23)13-15-29(24,25)3/h19-21,23-26H,4-18H2,1-3H3,(H,33,34,35)/p-1/t19-,20-,21+,23+,24-,25+,26+,28+,29-/m1/s1. The lowest BCUT2D eigenvalue weighted by Gasteiger charge is -2.60. The molecular weight excluding hydrogens is 474 g/mol. The summed E-state index contributed by atoms with van der Waals surface area (Å²) in [6.07, 6.45) is 13.0. The molecule has 0 aromatic carbocycles. The van der Waals surface area contributed by atoms with Gasteiger partial charge in [0.15, 0.2) is 0 Å². The van der Waals surface area contributed by atoms with E-state index < -0.39 is 21.9 Å². The minimum Gasteiger partial charge on any atom is -0.748 e. The molecule has 5 rings (SSSR count). The molecule has 7 heteroatoms. The summed E-state index contributed by atoms with van der Waals surface area (Å²) < 4.78 is 33.8. The highest BCUT2D eigenvalue weighted by molar-refractivity contribution is 7.85. The molecule has 204 valence electrons. The molecule has 4 saturated carbocycles. The fraction of sp³-hybridized carbons (Fsp3) is 0.931. The third kappa shape index (κ3) is 4.69. The maximum Gasteiger partial charge on any atom is 0.222 e. The number of rotatable bonds is 6. The summed E-state index contributed by atoms with van der Waals surface area (Å²) in [5.41, 5.74) is 0.683. The lowest BCUT2D eigenvalue weighted by atomic mass is 9.44. The highest BCUT2D eigenvalue weighted by Crippen LogP contribution is 2.68. The van der Waals surface area contributed by atoms with Gasteiger partial charge in [-0.2, -0.15) is 0 Å². The van der Waals surface area contributed by atoms with E-state index in [0.717, 1.165) is 49.9 Å². The van der Waals surface area contributed by atoms with Crippen LogP contribution in [-0.2, 0) is 19.7 Å². The molecule has 0 aromatic rings. The topological polar surface area (TPSA) is 94.6 Å². The predicted octanol–water partition coefficient (Wildman–Crippen LogP) is 5.17. The number of likely N-dealkylation sites (tertiary alicyclic amines) is 1. The first-order valence-electron chi connectivity index (χ1n) is 14.7. The van der Waals surface area contributed by atoms with Crippen LogP contribution >= 0.6 is 0 Å². The van der Waals surface area contributed by atoms with E-state index in [9.17, 15) is 22.6 Å². The second kappa shape index (κ2) is 9.66. The first-order chi connectivity index (χ1) is 16.9. The van der Waals surface area contributed by atoms with Gasteiger partial charge in [0.25, 0.3) is 0 Å². The molecule has 1 saturated heterocycles. The van der Waals surface area contributed by atoms with Gasteiger partial charge in [-0.25, -0.2) is 8.42 Å². The van der Waals surface area contributed by atoms with Gasteiger partial charge in [0.05, 0.1) is 15.9 Å². The van der Waals surface area contributed by atoms with Gasteiger partial charge >= 0.3 is 0 Å². The minimum absolute atomic E-state index is 0.0227. The van der Waals surface area contributed by atoms with Crippen LogP contribution < -0.4 is 0 Å². The number of ketones is 1. The number of fused-ring (bicyclic) bond motifs is 5. The zero-order valence-corrected chi connectivity index (χ0v) is 23.4. The first kappa shape index (κ1) is 26.6. The van der Waals surface area contributed by atoms with Gasteiger partial charge in [-0.3, -0.25) is 9.59 Å². The maximum atomic E-state index is 13.0. The molecule has 0 aromatic heterocycles. The highest BCUT2D eigenvalue weighted by Gasteiger charge is 2.60. The van der Waals surface area contributed by atoms with Crippen molar-refractivity contribution in [1.82, 2.24) is 4.90 Å². The Morgan fingerprint density at radius 1 is 1.06 bits per heavy atom. The summed E-state index contributed by atoms with van der Waals surface area (Å²) in [5, 5.41) is 0. The molecule has 1 amide bonds. The maximum absolute atomic E-state index is 13.0. The van der Waals surface area contributed by atoms with Crippen molar-refractivity contribution in [2.45, 2.75) is 110 Å². The van der Waals surface area contributed by atoms with E-state index in [1.54, 1.807) is 4.90 Å². The van der Waals surface area contributed by atoms with Gasteiger partial charge in [-0.1, -0.05) is 20.8 Å². The van der Waals surface area contributed by atoms with E-state index in [-0.39, 0.29) is 5.91 Å². The number of hydrogen-bond acceptors (Lipinski definition) is 5. The average Bonchev–Trinajstić information content (AvgIpc) is 3.40. The Balaban J connectivity index is 1.21. The second-order valence-electron chi connectivity index (χ2n) is 13.8. The van der Waals surface area contributed by atoms with Gasteiger partial charge in [-0.15, -0.1) is 0 Å². The molecule has 0 bridgehead atoms. The molecule has 4 aliphatic carbocycles. The zero-order valence-electron chi connectivity index (χ0n) is 22.5. The van der Waals surface area contributed by atoms with Gasteiger partial charge in [0.2, 0.25) is 5.91 Å². The van der Waals surface area contributed by atoms with Crippen LogP contribution in [0.3, 0.4) is 0 Å².